The molecule has 0 spiro atoms. The Morgan fingerprint density at radius 3 is 2.82 bits per heavy atom. The second-order valence-corrected chi connectivity index (χ2v) is 5.25. The van der Waals surface area contributed by atoms with Crippen LogP contribution in [0.1, 0.15) is 24.8 Å². The van der Waals surface area contributed by atoms with Gasteiger partial charge in [0.25, 0.3) is 0 Å². The third kappa shape index (κ3) is 5.55. The van der Waals surface area contributed by atoms with Gasteiger partial charge in [-0.15, -0.1) is 13.2 Å². The van der Waals surface area contributed by atoms with E-state index in [1.54, 1.807) is 6.07 Å². The van der Waals surface area contributed by atoms with Gasteiger partial charge in [-0.3, -0.25) is 4.79 Å². The molecule has 0 aliphatic carbocycles. The van der Waals surface area contributed by atoms with Crippen molar-refractivity contribution in [1.82, 2.24) is 10.6 Å². The number of halogens is 3. The number of amides is 1. The highest BCUT2D eigenvalue weighted by atomic mass is 19.4. The van der Waals surface area contributed by atoms with E-state index in [0.29, 0.717) is 18.2 Å². The molecule has 4 nitrogen and oxygen atoms in total. The molecule has 122 valence electrons. The number of aryl methyl sites for hydroxylation is 1. The van der Waals surface area contributed by atoms with E-state index in [1.165, 1.54) is 18.2 Å². The lowest BCUT2D eigenvalue weighted by atomic mass is 10.1. The maximum Gasteiger partial charge on any atom is 0.573 e. The second kappa shape index (κ2) is 7.49. The molecule has 1 atom stereocenters. The van der Waals surface area contributed by atoms with Gasteiger partial charge in [0.05, 0.1) is 0 Å². The zero-order valence-corrected chi connectivity index (χ0v) is 12.1. The normalized spacial score (nSPS) is 18.2. The summed E-state index contributed by atoms with van der Waals surface area (Å²) in [6.07, 6.45) is -2.27. The summed E-state index contributed by atoms with van der Waals surface area (Å²) >= 11 is 0. The van der Waals surface area contributed by atoms with Gasteiger partial charge in [-0.2, -0.15) is 0 Å². The standard InChI is InChI=1S/C15H19F3N2O2/c16-15(17,18)22-13-6-2-1-4-11(13)7-8-14(21)20-10-12-5-3-9-19-12/h1-2,4,6,12,19H,3,5,7-10H2,(H,20,21). The quantitative estimate of drug-likeness (QED) is 0.847. The molecule has 2 N–H and O–H groups in total. The predicted octanol–water partition coefficient (Wildman–Crippen LogP) is 2.39. The van der Waals surface area contributed by atoms with Crippen LogP contribution in [0.2, 0.25) is 0 Å². The van der Waals surface area contributed by atoms with E-state index < -0.39 is 6.36 Å². The maximum absolute atomic E-state index is 12.3. The first-order valence-corrected chi connectivity index (χ1v) is 7.28. The van der Waals surface area contributed by atoms with E-state index in [1.807, 2.05) is 0 Å². The molecule has 0 bridgehead atoms. The highest BCUT2D eigenvalue weighted by Gasteiger charge is 2.31. The molecule has 0 aromatic heterocycles. The Balaban J connectivity index is 1.81. The zero-order valence-electron chi connectivity index (χ0n) is 12.1. The van der Waals surface area contributed by atoms with Crippen molar-refractivity contribution in [1.29, 1.82) is 0 Å². The summed E-state index contributed by atoms with van der Waals surface area (Å²) < 4.78 is 40.9. The van der Waals surface area contributed by atoms with Crippen LogP contribution >= 0.6 is 0 Å². The lowest BCUT2D eigenvalue weighted by Gasteiger charge is -2.14. The summed E-state index contributed by atoms with van der Waals surface area (Å²) in [5.41, 5.74) is 0.369. The number of benzene rings is 1. The first-order chi connectivity index (χ1) is 10.4. The molecule has 1 fully saturated rings. The Hall–Kier alpha value is -1.76. The van der Waals surface area contributed by atoms with E-state index in [4.69, 9.17) is 0 Å². The van der Waals surface area contributed by atoms with Crippen molar-refractivity contribution >= 4 is 5.91 Å². The molecule has 1 aromatic rings. The number of rotatable bonds is 6. The van der Waals surface area contributed by atoms with E-state index in [0.717, 1.165) is 19.4 Å². The number of nitrogens with one attached hydrogen (secondary N) is 2. The summed E-state index contributed by atoms with van der Waals surface area (Å²) in [6, 6.07) is 6.18. The molecule has 22 heavy (non-hydrogen) atoms. The van der Waals surface area contributed by atoms with Gasteiger partial charge in [0.2, 0.25) is 5.91 Å². The second-order valence-electron chi connectivity index (χ2n) is 5.25. The minimum Gasteiger partial charge on any atom is -0.406 e. The van der Waals surface area contributed by atoms with Crippen LogP contribution in [0.15, 0.2) is 24.3 Å². The topological polar surface area (TPSA) is 50.4 Å². The number of para-hydroxylation sites is 1. The fourth-order valence-electron chi connectivity index (χ4n) is 2.44. The molecular weight excluding hydrogens is 297 g/mol. The van der Waals surface area contributed by atoms with Crippen LogP contribution in [0.5, 0.6) is 5.75 Å². The lowest BCUT2D eigenvalue weighted by Crippen LogP contribution is -2.37. The SMILES string of the molecule is O=C(CCc1ccccc1OC(F)(F)F)NCC1CCCN1. The van der Waals surface area contributed by atoms with Gasteiger partial charge >= 0.3 is 6.36 Å². The van der Waals surface area contributed by atoms with Crippen molar-refractivity contribution in [2.45, 2.75) is 38.1 Å². The van der Waals surface area contributed by atoms with Gasteiger partial charge in [0.1, 0.15) is 5.75 Å². The highest BCUT2D eigenvalue weighted by Crippen LogP contribution is 2.26. The van der Waals surface area contributed by atoms with Gasteiger partial charge < -0.3 is 15.4 Å². The van der Waals surface area contributed by atoms with Crippen LogP contribution in [-0.2, 0) is 11.2 Å². The number of carbonyl (C=O) groups is 1. The first kappa shape index (κ1) is 16.6. The van der Waals surface area contributed by atoms with Crippen LogP contribution in [0.25, 0.3) is 0 Å². The fourth-order valence-corrected chi connectivity index (χ4v) is 2.44. The summed E-state index contributed by atoms with van der Waals surface area (Å²) in [4.78, 5) is 11.8. The summed E-state index contributed by atoms with van der Waals surface area (Å²) in [5, 5.41) is 6.06. The van der Waals surface area contributed by atoms with E-state index in [-0.39, 0.29) is 24.5 Å². The van der Waals surface area contributed by atoms with Crippen LogP contribution in [0.4, 0.5) is 13.2 Å². The largest absolute Gasteiger partial charge is 0.573 e. The molecule has 1 aromatic carbocycles. The number of hydrogen-bond donors (Lipinski definition) is 2. The number of alkyl halides is 3. The summed E-state index contributed by atoms with van der Waals surface area (Å²) in [5.74, 6) is -0.421. The van der Waals surface area contributed by atoms with Gasteiger partial charge in [0.15, 0.2) is 0 Å². The Kier molecular flexibility index (Phi) is 5.65. The Labute approximate surface area is 127 Å². The fraction of sp³-hybridized carbons (Fsp3) is 0.533. The Morgan fingerprint density at radius 1 is 1.36 bits per heavy atom. The lowest BCUT2D eigenvalue weighted by molar-refractivity contribution is -0.274. The van der Waals surface area contributed by atoms with Gasteiger partial charge in [-0.1, -0.05) is 18.2 Å². The third-order valence-electron chi connectivity index (χ3n) is 3.53. The van der Waals surface area contributed by atoms with Crippen LogP contribution in [-0.4, -0.2) is 31.4 Å². The van der Waals surface area contributed by atoms with Crippen molar-refractivity contribution < 1.29 is 22.7 Å². The molecule has 2 rings (SSSR count). The van der Waals surface area contributed by atoms with Gasteiger partial charge in [0, 0.05) is 19.0 Å². The minimum atomic E-state index is -4.73. The van der Waals surface area contributed by atoms with Crippen molar-refractivity contribution in [3.05, 3.63) is 29.8 Å². The molecule has 1 heterocycles. The summed E-state index contributed by atoms with van der Waals surface area (Å²) in [6.45, 7) is 1.52. The van der Waals surface area contributed by atoms with Crippen molar-refractivity contribution in [3.63, 3.8) is 0 Å². The third-order valence-corrected chi connectivity index (χ3v) is 3.53. The predicted molar refractivity (Wildman–Crippen MR) is 75.5 cm³/mol. The molecule has 1 saturated heterocycles. The molecule has 0 saturated carbocycles. The molecule has 0 radical (unpaired) electrons. The van der Waals surface area contributed by atoms with Crippen LogP contribution in [0, 0.1) is 0 Å². The molecule has 1 aliphatic heterocycles. The molecular formula is C15H19F3N2O2. The summed E-state index contributed by atoms with van der Waals surface area (Å²) in [7, 11) is 0. The smallest absolute Gasteiger partial charge is 0.406 e. The molecule has 1 unspecified atom stereocenters. The van der Waals surface area contributed by atoms with Crippen molar-refractivity contribution in [2.24, 2.45) is 0 Å². The van der Waals surface area contributed by atoms with E-state index in [9.17, 15) is 18.0 Å². The average Bonchev–Trinajstić information content (AvgIpc) is 2.96. The first-order valence-electron chi connectivity index (χ1n) is 7.28. The number of ether oxygens (including phenoxy) is 1. The minimum absolute atomic E-state index is 0.130. The van der Waals surface area contributed by atoms with Gasteiger partial charge in [-0.25, -0.2) is 0 Å². The van der Waals surface area contributed by atoms with Gasteiger partial charge in [-0.05, 0) is 37.4 Å². The van der Waals surface area contributed by atoms with Crippen LogP contribution < -0.4 is 15.4 Å². The van der Waals surface area contributed by atoms with Crippen molar-refractivity contribution in [2.75, 3.05) is 13.1 Å². The maximum atomic E-state index is 12.3. The highest BCUT2D eigenvalue weighted by molar-refractivity contribution is 5.76. The monoisotopic (exact) mass is 316 g/mol. The van der Waals surface area contributed by atoms with E-state index in [2.05, 4.69) is 15.4 Å². The Bertz CT molecular complexity index is 500. The average molecular weight is 316 g/mol. The Morgan fingerprint density at radius 2 is 2.14 bits per heavy atom. The van der Waals surface area contributed by atoms with Crippen LogP contribution in [0.3, 0.4) is 0 Å². The molecule has 7 heteroatoms. The van der Waals surface area contributed by atoms with Crippen molar-refractivity contribution in [3.8, 4) is 5.75 Å². The number of carbonyl (C=O) groups excluding carboxylic acids is 1. The molecule has 1 aliphatic rings. The van der Waals surface area contributed by atoms with E-state index >= 15 is 0 Å². The number of hydrogen-bond acceptors (Lipinski definition) is 3. The zero-order chi connectivity index (χ0) is 16.0. The molecule has 1 amide bonds.